The van der Waals surface area contributed by atoms with Gasteiger partial charge in [0.1, 0.15) is 11.6 Å². The van der Waals surface area contributed by atoms with Gasteiger partial charge in [-0.1, -0.05) is 0 Å². The lowest BCUT2D eigenvalue weighted by Crippen LogP contribution is -2.46. The van der Waals surface area contributed by atoms with Gasteiger partial charge in [-0.05, 0) is 44.0 Å². The van der Waals surface area contributed by atoms with Crippen LogP contribution in [0, 0.1) is 5.82 Å². The topological polar surface area (TPSA) is 32.7 Å². The molecule has 0 spiro atoms. The van der Waals surface area contributed by atoms with Gasteiger partial charge in [-0.2, -0.15) is 0 Å². The minimum atomic E-state index is -0.392. The van der Waals surface area contributed by atoms with Crippen molar-refractivity contribution in [1.82, 2.24) is 4.90 Å². The van der Waals surface area contributed by atoms with Crippen molar-refractivity contribution in [2.75, 3.05) is 20.2 Å². The fourth-order valence-corrected chi connectivity index (χ4v) is 2.59. The number of piperidine rings is 1. The summed E-state index contributed by atoms with van der Waals surface area (Å²) in [6.45, 7) is 4.56. The van der Waals surface area contributed by atoms with E-state index in [2.05, 4.69) is 11.8 Å². The van der Waals surface area contributed by atoms with Crippen molar-refractivity contribution in [1.29, 1.82) is 0 Å². The summed E-state index contributed by atoms with van der Waals surface area (Å²) in [5, 5.41) is 9.39. The number of phenols is 1. The number of aromatic hydroxyl groups is 1. The molecule has 1 aliphatic rings. The molecular formula is C14H20FNO2. The van der Waals surface area contributed by atoms with E-state index < -0.39 is 5.82 Å². The predicted molar refractivity (Wildman–Crippen MR) is 68.0 cm³/mol. The van der Waals surface area contributed by atoms with Gasteiger partial charge in [-0.3, -0.25) is 4.90 Å². The highest BCUT2D eigenvalue weighted by atomic mass is 19.1. The minimum absolute atomic E-state index is 0.0171. The number of benzene rings is 1. The van der Waals surface area contributed by atoms with Crippen LogP contribution in [-0.4, -0.2) is 35.8 Å². The van der Waals surface area contributed by atoms with Gasteiger partial charge in [0.15, 0.2) is 0 Å². The third-order valence-corrected chi connectivity index (χ3v) is 3.58. The van der Waals surface area contributed by atoms with Gasteiger partial charge >= 0.3 is 0 Å². The molecule has 1 unspecified atom stereocenters. The average Bonchev–Trinajstić information content (AvgIpc) is 2.27. The Bertz CT molecular complexity index is 404. The fourth-order valence-electron chi connectivity index (χ4n) is 2.59. The number of phenolic OH excluding ortho intramolecular Hbond substituents is 1. The van der Waals surface area contributed by atoms with Crippen LogP contribution in [0.5, 0.6) is 5.75 Å². The molecule has 0 radical (unpaired) electrons. The number of methoxy groups -OCH3 is 1. The molecule has 1 N–H and O–H groups in total. The second-order valence-electron chi connectivity index (χ2n) is 5.29. The Morgan fingerprint density at radius 2 is 2.22 bits per heavy atom. The van der Waals surface area contributed by atoms with Gasteiger partial charge in [0.2, 0.25) is 0 Å². The van der Waals surface area contributed by atoms with Crippen molar-refractivity contribution in [2.24, 2.45) is 0 Å². The van der Waals surface area contributed by atoms with Crippen LogP contribution in [0.3, 0.4) is 0 Å². The van der Waals surface area contributed by atoms with Crippen LogP contribution in [0.2, 0.25) is 0 Å². The lowest BCUT2D eigenvalue weighted by Gasteiger charge is -2.39. The number of halogens is 1. The monoisotopic (exact) mass is 253 g/mol. The molecule has 0 aromatic heterocycles. The molecule has 1 aliphatic heterocycles. The van der Waals surface area contributed by atoms with Crippen LogP contribution < -0.4 is 0 Å². The molecule has 1 fully saturated rings. The number of likely N-dealkylation sites (tertiary alicyclic amines) is 1. The highest BCUT2D eigenvalue weighted by Crippen LogP contribution is 2.25. The Morgan fingerprint density at radius 3 is 2.89 bits per heavy atom. The number of nitrogens with zero attached hydrogens (tertiary/aromatic N) is 1. The molecule has 3 nitrogen and oxygen atoms in total. The van der Waals surface area contributed by atoms with Crippen LogP contribution in [0.1, 0.15) is 25.3 Å². The third kappa shape index (κ3) is 3.21. The first-order chi connectivity index (χ1) is 8.50. The van der Waals surface area contributed by atoms with Gasteiger partial charge in [0.05, 0.1) is 5.60 Å². The molecule has 1 saturated heterocycles. The standard InChI is InChI=1S/C14H20FNO2/c1-14(18-2)4-3-5-16(10-14)9-11-6-12(15)8-13(17)7-11/h6-8,17H,3-5,9-10H2,1-2H3. The van der Waals surface area contributed by atoms with E-state index in [0.29, 0.717) is 6.54 Å². The molecule has 1 aromatic rings. The van der Waals surface area contributed by atoms with Crippen molar-refractivity contribution >= 4 is 0 Å². The van der Waals surface area contributed by atoms with Crippen molar-refractivity contribution in [2.45, 2.75) is 31.9 Å². The van der Waals surface area contributed by atoms with Gasteiger partial charge in [-0.25, -0.2) is 4.39 Å². The Kier molecular flexibility index (Phi) is 3.88. The van der Waals surface area contributed by atoms with E-state index in [0.717, 1.165) is 37.6 Å². The van der Waals surface area contributed by atoms with Crippen molar-refractivity contribution < 1.29 is 14.2 Å². The van der Waals surface area contributed by atoms with Crippen molar-refractivity contribution in [3.63, 3.8) is 0 Å². The van der Waals surface area contributed by atoms with E-state index in [1.165, 1.54) is 6.07 Å². The number of rotatable bonds is 3. The quantitative estimate of drug-likeness (QED) is 0.898. The molecule has 1 aromatic carbocycles. The largest absolute Gasteiger partial charge is 0.508 e. The van der Waals surface area contributed by atoms with Crippen LogP contribution in [0.15, 0.2) is 18.2 Å². The molecule has 100 valence electrons. The molecule has 4 heteroatoms. The molecule has 0 aliphatic carbocycles. The van der Waals surface area contributed by atoms with Gasteiger partial charge in [-0.15, -0.1) is 0 Å². The maximum atomic E-state index is 13.2. The van der Waals surface area contributed by atoms with Crippen LogP contribution in [-0.2, 0) is 11.3 Å². The smallest absolute Gasteiger partial charge is 0.127 e. The summed E-state index contributed by atoms with van der Waals surface area (Å²) in [6.07, 6.45) is 2.13. The molecular weight excluding hydrogens is 233 g/mol. The van der Waals surface area contributed by atoms with E-state index in [1.807, 2.05) is 0 Å². The number of hydrogen-bond donors (Lipinski definition) is 1. The van der Waals surface area contributed by atoms with Gasteiger partial charge in [0.25, 0.3) is 0 Å². The summed E-state index contributed by atoms with van der Waals surface area (Å²) in [5.74, 6) is -0.409. The van der Waals surface area contributed by atoms with Gasteiger partial charge in [0, 0.05) is 26.3 Å². The van der Waals surface area contributed by atoms with Crippen LogP contribution >= 0.6 is 0 Å². The normalized spacial score (nSPS) is 25.3. The van der Waals surface area contributed by atoms with E-state index in [9.17, 15) is 9.50 Å². The first-order valence-electron chi connectivity index (χ1n) is 6.27. The number of hydrogen-bond acceptors (Lipinski definition) is 3. The van der Waals surface area contributed by atoms with Gasteiger partial charge < -0.3 is 9.84 Å². The van der Waals surface area contributed by atoms with E-state index in [4.69, 9.17) is 4.74 Å². The Morgan fingerprint density at radius 1 is 1.44 bits per heavy atom. The molecule has 0 bridgehead atoms. The van der Waals surface area contributed by atoms with Crippen molar-refractivity contribution in [3.05, 3.63) is 29.6 Å². The second-order valence-corrected chi connectivity index (χ2v) is 5.29. The fraction of sp³-hybridized carbons (Fsp3) is 0.571. The number of ether oxygens (including phenoxy) is 1. The first-order valence-corrected chi connectivity index (χ1v) is 6.27. The highest BCUT2D eigenvalue weighted by Gasteiger charge is 2.30. The summed E-state index contributed by atoms with van der Waals surface area (Å²) in [5.41, 5.74) is 0.681. The molecule has 1 atom stereocenters. The summed E-state index contributed by atoms with van der Waals surface area (Å²) in [7, 11) is 1.73. The summed E-state index contributed by atoms with van der Waals surface area (Å²) >= 11 is 0. The average molecular weight is 253 g/mol. The summed E-state index contributed by atoms with van der Waals surface area (Å²) in [4.78, 5) is 2.24. The van der Waals surface area contributed by atoms with E-state index in [1.54, 1.807) is 13.2 Å². The zero-order valence-electron chi connectivity index (χ0n) is 10.9. The Hall–Kier alpha value is -1.13. The van der Waals surface area contributed by atoms with Crippen LogP contribution in [0.4, 0.5) is 4.39 Å². The first kappa shape index (κ1) is 13.3. The zero-order chi connectivity index (χ0) is 13.2. The SMILES string of the molecule is COC1(C)CCCN(Cc2cc(O)cc(F)c2)C1. The molecule has 0 amide bonds. The van der Waals surface area contributed by atoms with Crippen LogP contribution in [0.25, 0.3) is 0 Å². The lowest BCUT2D eigenvalue weighted by atomic mass is 9.94. The Labute approximate surface area is 107 Å². The molecule has 0 saturated carbocycles. The molecule has 2 rings (SSSR count). The Balaban J connectivity index is 2.04. The summed E-state index contributed by atoms with van der Waals surface area (Å²) in [6, 6.07) is 4.21. The van der Waals surface area contributed by atoms with E-state index >= 15 is 0 Å². The molecule has 18 heavy (non-hydrogen) atoms. The third-order valence-electron chi connectivity index (χ3n) is 3.58. The van der Waals surface area contributed by atoms with E-state index in [-0.39, 0.29) is 11.4 Å². The lowest BCUT2D eigenvalue weighted by molar-refractivity contribution is -0.0527. The highest BCUT2D eigenvalue weighted by molar-refractivity contribution is 5.28. The molecule has 1 heterocycles. The second kappa shape index (κ2) is 5.24. The maximum Gasteiger partial charge on any atom is 0.127 e. The zero-order valence-corrected chi connectivity index (χ0v) is 10.9. The van der Waals surface area contributed by atoms with Crippen molar-refractivity contribution in [3.8, 4) is 5.75 Å². The predicted octanol–water partition coefficient (Wildman–Crippen LogP) is 2.53. The maximum absolute atomic E-state index is 13.2. The summed E-state index contributed by atoms with van der Waals surface area (Å²) < 4.78 is 18.7. The minimum Gasteiger partial charge on any atom is -0.508 e.